The lowest BCUT2D eigenvalue weighted by Crippen LogP contribution is -2.40. The van der Waals surface area contributed by atoms with E-state index in [1.807, 2.05) is 44.2 Å². The van der Waals surface area contributed by atoms with E-state index in [-0.39, 0.29) is 23.9 Å². The van der Waals surface area contributed by atoms with E-state index in [1.165, 1.54) is 10.5 Å². The van der Waals surface area contributed by atoms with Gasteiger partial charge in [0.1, 0.15) is 11.7 Å². The van der Waals surface area contributed by atoms with Gasteiger partial charge in [-0.2, -0.15) is 0 Å². The van der Waals surface area contributed by atoms with E-state index in [2.05, 4.69) is 4.98 Å². The van der Waals surface area contributed by atoms with Gasteiger partial charge in [-0.25, -0.2) is 4.98 Å². The third-order valence-corrected chi connectivity index (χ3v) is 7.11. The molecule has 0 unspecified atom stereocenters. The molecule has 1 amide bonds. The topological polar surface area (TPSA) is 67.0 Å². The quantitative estimate of drug-likeness (QED) is 0.335. The zero-order valence-electron chi connectivity index (χ0n) is 19.9. The van der Waals surface area contributed by atoms with E-state index in [0.29, 0.717) is 38.3 Å². The monoisotopic (exact) mass is 518 g/mol. The van der Waals surface area contributed by atoms with Crippen molar-refractivity contribution in [3.8, 4) is 0 Å². The Hall–Kier alpha value is -3.48. The molecule has 0 saturated heterocycles. The van der Waals surface area contributed by atoms with E-state index in [4.69, 9.17) is 28.2 Å². The average Bonchev–Trinajstić information content (AvgIpc) is 2.98. The van der Waals surface area contributed by atoms with Crippen LogP contribution in [0.15, 0.2) is 82.7 Å². The van der Waals surface area contributed by atoms with Gasteiger partial charge in [0.2, 0.25) is 0 Å². The number of rotatable bonds is 5. The molecule has 0 spiro atoms. The first-order valence-electron chi connectivity index (χ1n) is 11.8. The Kier molecular flexibility index (Phi) is 6.65. The second-order valence-corrected chi connectivity index (χ2v) is 9.73. The van der Waals surface area contributed by atoms with Crippen LogP contribution in [0.2, 0.25) is 10.0 Å². The highest BCUT2D eigenvalue weighted by atomic mass is 35.5. The Morgan fingerprint density at radius 2 is 1.75 bits per heavy atom. The summed E-state index contributed by atoms with van der Waals surface area (Å²) in [5.41, 5.74) is 3.49. The standard InChI is InChI=1S/C28H24Cl2N4O2/c1-3-17(2)26-28(36)34(16-19-15-25(35)33-13-7-6-10-24(33)31-19)23-12-11-18(29)14-21(23)27(32-26)20-8-4-5-9-22(20)30/h4-15,17,26H,3,16H2,1-2H3/t17-,26-/m0/s1. The Labute approximate surface area is 218 Å². The van der Waals surface area contributed by atoms with Crippen LogP contribution in [0.4, 0.5) is 5.69 Å². The SMILES string of the molecule is CC[C@H](C)[C@@H]1N=C(c2ccccc2Cl)c2cc(Cl)ccc2N(Cc2cc(=O)n3ccccc3n2)C1=O. The van der Waals surface area contributed by atoms with Crippen LogP contribution in [0.5, 0.6) is 0 Å². The van der Waals surface area contributed by atoms with Crippen LogP contribution in [0.3, 0.4) is 0 Å². The van der Waals surface area contributed by atoms with Crippen molar-refractivity contribution in [1.29, 1.82) is 0 Å². The van der Waals surface area contributed by atoms with E-state index in [1.54, 1.807) is 41.4 Å². The van der Waals surface area contributed by atoms with E-state index in [9.17, 15) is 9.59 Å². The Morgan fingerprint density at radius 3 is 2.53 bits per heavy atom. The number of carbonyl (C=O) groups excluding carboxylic acids is 1. The lowest BCUT2D eigenvalue weighted by Gasteiger charge is -2.27. The fourth-order valence-electron chi connectivity index (χ4n) is 4.45. The van der Waals surface area contributed by atoms with Crippen LogP contribution >= 0.6 is 23.2 Å². The number of halogens is 2. The highest BCUT2D eigenvalue weighted by molar-refractivity contribution is 6.37. The lowest BCUT2D eigenvalue weighted by molar-refractivity contribution is -0.120. The molecule has 0 bridgehead atoms. The zero-order valence-corrected chi connectivity index (χ0v) is 21.4. The summed E-state index contributed by atoms with van der Waals surface area (Å²) >= 11 is 13.0. The number of aromatic nitrogens is 2. The molecule has 4 aromatic rings. The van der Waals surface area contributed by atoms with Crippen molar-refractivity contribution in [2.75, 3.05) is 4.90 Å². The van der Waals surface area contributed by atoms with Gasteiger partial charge in [0.15, 0.2) is 0 Å². The molecule has 0 fully saturated rings. The Balaban J connectivity index is 1.71. The predicted molar refractivity (Wildman–Crippen MR) is 144 cm³/mol. The summed E-state index contributed by atoms with van der Waals surface area (Å²) < 4.78 is 1.47. The van der Waals surface area contributed by atoms with Crippen LogP contribution < -0.4 is 10.5 Å². The van der Waals surface area contributed by atoms with Crippen molar-refractivity contribution in [3.05, 3.63) is 110 Å². The number of hydrogen-bond acceptors (Lipinski definition) is 4. The maximum Gasteiger partial charge on any atom is 0.258 e. The van der Waals surface area contributed by atoms with Crippen LogP contribution in [0, 0.1) is 5.92 Å². The van der Waals surface area contributed by atoms with Gasteiger partial charge in [-0.3, -0.25) is 19.0 Å². The number of fused-ring (bicyclic) bond motifs is 2. The highest BCUT2D eigenvalue weighted by Crippen LogP contribution is 2.35. The maximum absolute atomic E-state index is 14.0. The minimum absolute atomic E-state index is 0.0301. The minimum Gasteiger partial charge on any atom is -0.304 e. The molecule has 6 nitrogen and oxygen atoms in total. The van der Waals surface area contributed by atoms with Gasteiger partial charge in [-0.05, 0) is 42.3 Å². The number of amides is 1. The molecule has 5 rings (SSSR count). The second-order valence-electron chi connectivity index (χ2n) is 8.89. The molecular formula is C28H24Cl2N4O2. The first-order valence-corrected chi connectivity index (χ1v) is 12.5. The number of anilines is 1. The normalized spacial score (nSPS) is 16.4. The molecule has 1 aliphatic heterocycles. The molecule has 182 valence electrons. The molecule has 0 radical (unpaired) electrons. The van der Waals surface area contributed by atoms with Crippen LogP contribution in [-0.4, -0.2) is 27.0 Å². The number of hydrogen-bond donors (Lipinski definition) is 0. The number of benzodiazepines with no additional fused rings is 1. The molecular weight excluding hydrogens is 495 g/mol. The molecule has 36 heavy (non-hydrogen) atoms. The summed E-state index contributed by atoms with van der Waals surface area (Å²) in [5, 5.41) is 1.06. The average molecular weight is 519 g/mol. The number of carbonyl (C=O) groups is 1. The first-order chi connectivity index (χ1) is 17.4. The molecule has 1 aliphatic rings. The number of pyridine rings is 1. The molecule has 2 aromatic heterocycles. The molecule has 0 aliphatic carbocycles. The van der Waals surface area contributed by atoms with Crippen molar-refractivity contribution in [2.45, 2.75) is 32.9 Å². The summed E-state index contributed by atoms with van der Waals surface area (Å²) in [5.74, 6) is -0.192. The predicted octanol–water partition coefficient (Wildman–Crippen LogP) is 5.80. The van der Waals surface area contributed by atoms with Gasteiger partial charge in [-0.1, -0.05) is 67.7 Å². The van der Waals surface area contributed by atoms with Crippen LogP contribution in [0.1, 0.15) is 37.1 Å². The molecule has 0 N–H and O–H groups in total. The molecule has 0 saturated carbocycles. The van der Waals surface area contributed by atoms with Crippen molar-refractivity contribution in [3.63, 3.8) is 0 Å². The number of nitrogens with zero attached hydrogens (tertiary/aromatic N) is 4. The Morgan fingerprint density at radius 1 is 0.972 bits per heavy atom. The van der Waals surface area contributed by atoms with Crippen molar-refractivity contribution < 1.29 is 4.79 Å². The van der Waals surface area contributed by atoms with E-state index in [0.717, 1.165) is 12.0 Å². The Bertz CT molecular complexity index is 1560. The fourth-order valence-corrected chi connectivity index (χ4v) is 4.84. The van der Waals surface area contributed by atoms with Crippen molar-refractivity contribution in [2.24, 2.45) is 10.9 Å². The minimum atomic E-state index is -0.644. The van der Waals surface area contributed by atoms with Gasteiger partial charge in [-0.15, -0.1) is 0 Å². The van der Waals surface area contributed by atoms with Crippen LogP contribution in [0.25, 0.3) is 5.65 Å². The van der Waals surface area contributed by atoms with Gasteiger partial charge in [0.05, 0.1) is 23.6 Å². The summed E-state index contributed by atoms with van der Waals surface area (Å²) in [7, 11) is 0. The summed E-state index contributed by atoms with van der Waals surface area (Å²) in [4.78, 5) is 38.1. The van der Waals surface area contributed by atoms with E-state index >= 15 is 0 Å². The number of aliphatic imine (C=N–C) groups is 1. The first kappa shape index (κ1) is 24.2. The van der Waals surface area contributed by atoms with Gasteiger partial charge < -0.3 is 4.90 Å². The smallest absolute Gasteiger partial charge is 0.258 e. The van der Waals surface area contributed by atoms with Crippen molar-refractivity contribution >= 4 is 46.2 Å². The van der Waals surface area contributed by atoms with Crippen LogP contribution in [-0.2, 0) is 11.3 Å². The molecule has 2 atom stereocenters. The maximum atomic E-state index is 14.0. The fraction of sp³-hybridized carbons (Fsp3) is 0.214. The third-order valence-electron chi connectivity index (χ3n) is 6.55. The zero-order chi connectivity index (χ0) is 25.4. The largest absolute Gasteiger partial charge is 0.304 e. The van der Waals surface area contributed by atoms with Gasteiger partial charge >= 0.3 is 0 Å². The van der Waals surface area contributed by atoms with Gasteiger partial charge in [0, 0.05) is 33.4 Å². The summed E-state index contributed by atoms with van der Waals surface area (Å²) in [6.07, 6.45) is 2.43. The van der Waals surface area contributed by atoms with Gasteiger partial charge in [0.25, 0.3) is 11.5 Å². The molecule has 2 aromatic carbocycles. The number of benzene rings is 2. The molecule has 3 heterocycles. The summed E-state index contributed by atoms with van der Waals surface area (Å²) in [6, 6.07) is 19.0. The third kappa shape index (κ3) is 4.43. The second kappa shape index (κ2) is 9.88. The molecule has 8 heteroatoms. The summed E-state index contributed by atoms with van der Waals surface area (Å²) in [6.45, 7) is 4.16. The lowest BCUT2D eigenvalue weighted by atomic mass is 9.97. The van der Waals surface area contributed by atoms with E-state index < -0.39 is 6.04 Å². The highest BCUT2D eigenvalue weighted by Gasteiger charge is 2.35. The van der Waals surface area contributed by atoms with Crippen molar-refractivity contribution in [1.82, 2.24) is 9.38 Å².